The van der Waals surface area contributed by atoms with Crippen molar-refractivity contribution >= 4 is 5.69 Å². The van der Waals surface area contributed by atoms with Crippen molar-refractivity contribution in [2.24, 2.45) is 0 Å². The molecular formula is C13H14N2. The highest BCUT2D eigenvalue weighted by Gasteiger charge is 2.13. The normalized spacial score (nSPS) is 10.2. The van der Waals surface area contributed by atoms with Crippen LogP contribution < -0.4 is 5.32 Å². The third-order valence-corrected chi connectivity index (χ3v) is 2.16. The van der Waals surface area contributed by atoms with E-state index in [9.17, 15) is 0 Å². The number of terminal acetylenes is 1. The predicted octanol–water partition coefficient (Wildman–Crippen LogP) is 2.69. The van der Waals surface area contributed by atoms with Crippen LogP contribution in [0.2, 0.25) is 0 Å². The summed E-state index contributed by atoms with van der Waals surface area (Å²) in [5, 5.41) is 12.0. The van der Waals surface area contributed by atoms with Crippen LogP contribution in [0.3, 0.4) is 0 Å². The molecule has 0 saturated heterocycles. The molecule has 0 atom stereocenters. The van der Waals surface area contributed by atoms with Gasteiger partial charge in [-0.05, 0) is 44.5 Å². The van der Waals surface area contributed by atoms with Crippen LogP contribution in [0.5, 0.6) is 0 Å². The fourth-order valence-corrected chi connectivity index (χ4v) is 1.26. The first-order valence-electron chi connectivity index (χ1n) is 4.75. The van der Waals surface area contributed by atoms with E-state index < -0.39 is 0 Å². The Kier molecular flexibility index (Phi) is 3.02. The molecule has 2 nitrogen and oxygen atoms in total. The molecule has 76 valence electrons. The molecule has 0 heterocycles. The highest BCUT2D eigenvalue weighted by atomic mass is 14.9. The van der Waals surface area contributed by atoms with Gasteiger partial charge in [0, 0.05) is 5.69 Å². The maximum Gasteiger partial charge on any atom is 0.0994 e. The van der Waals surface area contributed by atoms with E-state index in [-0.39, 0.29) is 5.54 Å². The van der Waals surface area contributed by atoms with Crippen LogP contribution in [0, 0.1) is 30.6 Å². The third kappa shape index (κ3) is 2.76. The quantitative estimate of drug-likeness (QED) is 0.741. The highest BCUT2D eigenvalue weighted by molar-refractivity contribution is 5.53. The van der Waals surface area contributed by atoms with Crippen molar-refractivity contribution in [1.82, 2.24) is 0 Å². The zero-order chi connectivity index (χ0) is 11.5. The van der Waals surface area contributed by atoms with E-state index in [1.807, 2.05) is 32.9 Å². The van der Waals surface area contributed by atoms with Gasteiger partial charge in [-0.25, -0.2) is 0 Å². The first kappa shape index (κ1) is 11.1. The first-order valence-corrected chi connectivity index (χ1v) is 4.75. The molecule has 2 heteroatoms. The zero-order valence-corrected chi connectivity index (χ0v) is 9.26. The van der Waals surface area contributed by atoms with Gasteiger partial charge in [0.25, 0.3) is 0 Å². The first-order chi connectivity index (χ1) is 6.98. The van der Waals surface area contributed by atoms with Crippen LogP contribution in [0.25, 0.3) is 0 Å². The van der Waals surface area contributed by atoms with Crippen LogP contribution in [0.4, 0.5) is 5.69 Å². The minimum absolute atomic E-state index is 0.374. The van der Waals surface area contributed by atoms with E-state index >= 15 is 0 Å². The second-order valence-corrected chi connectivity index (χ2v) is 4.04. The van der Waals surface area contributed by atoms with Crippen LogP contribution in [0.15, 0.2) is 18.2 Å². The summed E-state index contributed by atoms with van der Waals surface area (Å²) >= 11 is 0. The van der Waals surface area contributed by atoms with Crippen molar-refractivity contribution in [3.63, 3.8) is 0 Å². The maximum atomic E-state index is 8.79. The van der Waals surface area contributed by atoms with Gasteiger partial charge in [0.2, 0.25) is 0 Å². The molecule has 1 aromatic carbocycles. The molecule has 15 heavy (non-hydrogen) atoms. The molecule has 1 N–H and O–H groups in total. The minimum atomic E-state index is -0.374. The lowest BCUT2D eigenvalue weighted by molar-refractivity contribution is 0.741. The Morgan fingerprint density at radius 2 is 2.07 bits per heavy atom. The van der Waals surface area contributed by atoms with Crippen molar-refractivity contribution in [2.75, 3.05) is 5.32 Å². The fourth-order valence-electron chi connectivity index (χ4n) is 1.26. The Morgan fingerprint density at radius 1 is 1.40 bits per heavy atom. The minimum Gasteiger partial charge on any atom is -0.370 e. The van der Waals surface area contributed by atoms with E-state index in [0.717, 1.165) is 11.3 Å². The summed E-state index contributed by atoms with van der Waals surface area (Å²) in [4.78, 5) is 0. The number of hydrogen-bond acceptors (Lipinski definition) is 2. The Morgan fingerprint density at radius 3 is 2.53 bits per heavy atom. The number of nitrogens with zero attached hydrogens (tertiary/aromatic N) is 1. The second-order valence-electron chi connectivity index (χ2n) is 4.04. The molecule has 0 unspecified atom stereocenters. The maximum absolute atomic E-state index is 8.79. The number of benzene rings is 1. The molecule has 0 aliphatic rings. The van der Waals surface area contributed by atoms with E-state index in [1.165, 1.54) is 0 Å². The summed E-state index contributed by atoms with van der Waals surface area (Å²) in [6.45, 7) is 5.77. The van der Waals surface area contributed by atoms with Gasteiger partial charge in [0.15, 0.2) is 0 Å². The number of anilines is 1. The number of hydrogen-bond donors (Lipinski definition) is 1. The summed E-state index contributed by atoms with van der Waals surface area (Å²) in [7, 11) is 0. The standard InChI is InChI=1S/C13H14N2/c1-5-13(3,4)15-12-7-6-11(9-14)10(2)8-12/h1,6-8,15H,2-4H3. The number of aryl methyl sites for hydroxylation is 1. The fraction of sp³-hybridized carbons (Fsp3) is 0.308. The second kappa shape index (κ2) is 4.07. The molecule has 0 saturated carbocycles. The Balaban J connectivity index is 2.97. The van der Waals surface area contributed by atoms with Gasteiger partial charge in [0.1, 0.15) is 0 Å². The van der Waals surface area contributed by atoms with Crippen LogP contribution in [-0.2, 0) is 0 Å². The summed E-state index contributed by atoms with van der Waals surface area (Å²) in [6, 6.07) is 7.72. The highest BCUT2D eigenvalue weighted by Crippen LogP contribution is 2.18. The molecule has 0 radical (unpaired) electrons. The summed E-state index contributed by atoms with van der Waals surface area (Å²) in [5.74, 6) is 2.66. The molecule has 0 aliphatic heterocycles. The van der Waals surface area contributed by atoms with Crippen molar-refractivity contribution in [3.05, 3.63) is 29.3 Å². The molecule has 0 aliphatic carbocycles. The van der Waals surface area contributed by atoms with Gasteiger partial charge in [-0.3, -0.25) is 0 Å². The average molecular weight is 198 g/mol. The lowest BCUT2D eigenvalue weighted by Crippen LogP contribution is -2.28. The van der Waals surface area contributed by atoms with Crippen LogP contribution in [0.1, 0.15) is 25.0 Å². The lowest BCUT2D eigenvalue weighted by atomic mass is 10.0. The molecule has 0 spiro atoms. The summed E-state index contributed by atoms with van der Waals surface area (Å²) in [6.07, 6.45) is 5.38. The summed E-state index contributed by atoms with van der Waals surface area (Å²) in [5.41, 5.74) is 2.21. The van der Waals surface area contributed by atoms with E-state index in [2.05, 4.69) is 17.3 Å². The van der Waals surface area contributed by atoms with Crippen molar-refractivity contribution in [1.29, 1.82) is 5.26 Å². The lowest BCUT2D eigenvalue weighted by Gasteiger charge is -2.21. The average Bonchev–Trinajstić information content (AvgIpc) is 2.17. The molecule has 0 aromatic heterocycles. The van der Waals surface area contributed by atoms with Gasteiger partial charge in [0.05, 0.1) is 17.2 Å². The van der Waals surface area contributed by atoms with Gasteiger partial charge in [-0.1, -0.05) is 5.92 Å². The smallest absolute Gasteiger partial charge is 0.0994 e. The van der Waals surface area contributed by atoms with Crippen LogP contribution in [-0.4, -0.2) is 5.54 Å². The van der Waals surface area contributed by atoms with Crippen molar-refractivity contribution in [2.45, 2.75) is 26.3 Å². The van der Waals surface area contributed by atoms with Crippen LogP contribution >= 0.6 is 0 Å². The van der Waals surface area contributed by atoms with Gasteiger partial charge < -0.3 is 5.32 Å². The number of rotatable bonds is 2. The topological polar surface area (TPSA) is 35.8 Å². The Labute approximate surface area is 90.9 Å². The molecular weight excluding hydrogens is 184 g/mol. The molecule has 1 aromatic rings. The van der Waals surface area contributed by atoms with Crippen molar-refractivity contribution < 1.29 is 0 Å². The number of nitriles is 1. The zero-order valence-electron chi connectivity index (χ0n) is 9.26. The summed E-state index contributed by atoms with van der Waals surface area (Å²) < 4.78 is 0. The van der Waals surface area contributed by atoms with E-state index in [4.69, 9.17) is 11.7 Å². The third-order valence-electron chi connectivity index (χ3n) is 2.16. The van der Waals surface area contributed by atoms with Crippen molar-refractivity contribution in [3.8, 4) is 18.4 Å². The molecule has 1 rings (SSSR count). The SMILES string of the molecule is C#CC(C)(C)Nc1ccc(C#N)c(C)c1. The monoisotopic (exact) mass is 198 g/mol. The molecule has 0 amide bonds. The molecule has 0 bridgehead atoms. The molecule has 0 fully saturated rings. The Bertz CT molecular complexity index is 445. The van der Waals surface area contributed by atoms with Gasteiger partial charge >= 0.3 is 0 Å². The Hall–Kier alpha value is -1.93. The van der Waals surface area contributed by atoms with E-state index in [1.54, 1.807) is 6.07 Å². The van der Waals surface area contributed by atoms with E-state index in [0.29, 0.717) is 5.56 Å². The number of nitrogens with one attached hydrogen (secondary N) is 1. The predicted molar refractivity (Wildman–Crippen MR) is 62.4 cm³/mol. The largest absolute Gasteiger partial charge is 0.370 e. The van der Waals surface area contributed by atoms with Gasteiger partial charge in [-0.15, -0.1) is 6.42 Å². The van der Waals surface area contributed by atoms with Gasteiger partial charge in [-0.2, -0.15) is 5.26 Å².